The van der Waals surface area contributed by atoms with Crippen molar-refractivity contribution < 1.29 is 14.3 Å². The van der Waals surface area contributed by atoms with Gasteiger partial charge in [-0.15, -0.1) is 0 Å². The van der Waals surface area contributed by atoms with Gasteiger partial charge >= 0.3 is 0 Å². The quantitative estimate of drug-likeness (QED) is 0.469. The summed E-state index contributed by atoms with van der Waals surface area (Å²) in [6, 6.07) is 21.1. The van der Waals surface area contributed by atoms with Crippen LogP contribution in [0, 0.1) is 6.92 Å². The molecule has 6 nitrogen and oxygen atoms in total. The molecule has 3 aromatic carbocycles. The summed E-state index contributed by atoms with van der Waals surface area (Å²) in [5, 5.41) is 3.24. The van der Waals surface area contributed by atoms with Crippen molar-refractivity contribution in [2.75, 3.05) is 12.4 Å². The van der Waals surface area contributed by atoms with E-state index in [1.165, 1.54) is 6.20 Å². The van der Waals surface area contributed by atoms with E-state index in [0.29, 0.717) is 27.9 Å². The Morgan fingerprint density at radius 3 is 2.50 bits per heavy atom. The Morgan fingerprint density at radius 1 is 0.969 bits per heavy atom. The predicted octanol–water partition coefficient (Wildman–Crippen LogP) is 4.19. The molecule has 0 radical (unpaired) electrons. The predicted molar refractivity (Wildman–Crippen MR) is 124 cm³/mol. The van der Waals surface area contributed by atoms with E-state index in [2.05, 4.69) is 5.32 Å². The fourth-order valence-electron chi connectivity index (χ4n) is 3.60. The van der Waals surface area contributed by atoms with Gasteiger partial charge < -0.3 is 14.6 Å². The van der Waals surface area contributed by atoms with E-state index in [-0.39, 0.29) is 29.2 Å². The maximum atomic E-state index is 13.1. The summed E-state index contributed by atoms with van der Waals surface area (Å²) in [6.07, 6.45) is 1.47. The number of nitrogens with one attached hydrogen (secondary N) is 1. The van der Waals surface area contributed by atoms with Crippen molar-refractivity contribution in [1.29, 1.82) is 0 Å². The molecule has 0 saturated carbocycles. The number of ketones is 1. The molecule has 0 aliphatic rings. The third-order valence-corrected chi connectivity index (χ3v) is 5.18. The summed E-state index contributed by atoms with van der Waals surface area (Å²) >= 11 is 0. The second-order valence-corrected chi connectivity index (χ2v) is 7.50. The standard InChI is InChI=1S/C26H22N2O4/c1-17-11-12-23-21(13-17)26(31)22(25(30)18-7-4-3-5-8-18)15-28(23)16-24(29)27-19-9-6-10-20(14-19)32-2/h3-15H,16H2,1-2H3,(H,27,29). The number of benzene rings is 3. The highest BCUT2D eigenvalue weighted by Gasteiger charge is 2.18. The Bertz CT molecular complexity index is 1370. The van der Waals surface area contributed by atoms with Crippen LogP contribution in [0.4, 0.5) is 5.69 Å². The fourth-order valence-corrected chi connectivity index (χ4v) is 3.60. The minimum atomic E-state index is -0.374. The van der Waals surface area contributed by atoms with Crippen molar-refractivity contribution in [1.82, 2.24) is 4.57 Å². The molecule has 0 unspecified atom stereocenters. The summed E-state index contributed by atoms with van der Waals surface area (Å²) in [7, 11) is 1.56. The van der Waals surface area contributed by atoms with Gasteiger partial charge in [0.25, 0.3) is 0 Å². The van der Waals surface area contributed by atoms with Crippen molar-refractivity contribution in [3.05, 3.63) is 106 Å². The third-order valence-electron chi connectivity index (χ3n) is 5.18. The van der Waals surface area contributed by atoms with Crippen LogP contribution >= 0.6 is 0 Å². The molecule has 6 heteroatoms. The summed E-state index contributed by atoms with van der Waals surface area (Å²) in [6.45, 7) is 1.82. The fraction of sp³-hybridized carbons (Fsp3) is 0.115. The lowest BCUT2D eigenvalue weighted by Gasteiger charge is -2.14. The first-order valence-electron chi connectivity index (χ1n) is 10.1. The van der Waals surface area contributed by atoms with Crippen molar-refractivity contribution in [2.45, 2.75) is 13.5 Å². The van der Waals surface area contributed by atoms with E-state index < -0.39 is 0 Å². The Labute approximate surface area is 185 Å². The van der Waals surface area contributed by atoms with Crippen molar-refractivity contribution >= 4 is 28.3 Å². The molecule has 4 rings (SSSR count). The van der Waals surface area contributed by atoms with Gasteiger partial charge in [-0.05, 0) is 31.2 Å². The van der Waals surface area contributed by atoms with Gasteiger partial charge in [-0.2, -0.15) is 0 Å². The Balaban J connectivity index is 1.74. The molecule has 0 spiro atoms. The first-order chi connectivity index (χ1) is 15.5. The monoisotopic (exact) mass is 426 g/mol. The van der Waals surface area contributed by atoms with Gasteiger partial charge in [-0.1, -0.05) is 48.0 Å². The zero-order chi connectivity index (χ0) is 22.7. The number of hydrogen-bond donors (Lipinski definition) is 1. The van der Waals surface area contributed by atoms with Crippen molar-refractivity contribution in [3.63, 3.8) is 0 Å². The van der Waals surface area contributed by atoms with Crippen LogP contribution in [-0.4, -0.2) is 23.4 Å². The molecule has 0 bridgehead atoms. The van der Waals surface area contributed by atoms with Crippen molar-refractivity contribution in [2.24, 2.45) is 0 Å². The second-order valence-electron chi connectivity index (χ2n) is 7.50. The molecule has 0 atom stereocenters. The Hall–Kier alpha value is -4.19. The molecule has 0 aliphatic heterocycles. The van der Waals surface area contributed by atoms with Crippen LogP contribution in [0.2, 0.25) is 0 Å². The number of anilines is 1. The number of pyridine rings is 1. The molecule has 0 fully saturated rings. The van der Waals surface area contributed by atoms with Gasteiger partial charge in [-0.25, -0.2) is 0 Å². The smallest absolute Gasteiger partial charge is 0.244 e. The minimum absolute atomic E-state index is 0.0310. The molecule has 0 aliphatic carbocycles. The molecule has 32 heavy (non-hydrogen) atoms. The van der Waals surface area contributed by atoms with Gasteiger partial charge in [0.05, 0.1) is 18.2 Å². The number of rotatable bonds is 6. The summed E-state index contributed by atoms with van der Waals surface area (Å²) in [5.74, 6) is -0.0364. The molecule has 1 amide bonds. The zero-order valence-electron chi connectivity index (χ0n) is 17.8. The van der Waals surface area contributed by atoms with Gasteiger partial charge in [0.15, 0.2) is 5.78 Å². The van der Waals surface area contributed by atoms with Gasteiger partial charge in [0.1, 0.15) is 12.3 Å². The number of hydrogen-bond acceptors (Lipinski definition) is 4. The number of amides is 1. The normalized spacial score (nSPS) is 10.7. The molecule has 1 aromatic heterocycles. The van der Waals surface area contributed by atoms with E-state index in [9.17, 15) is 14.4 Å². The lowest BCUT2D eigenvalue weighted by molar-refractivity contribution is -0.116. The van der Waals surface area contributed by atoms with Crippen LogP contribution in [-0.2, 0) is 11.3 Å². The van der Waals surface area contributed by atoms with E-state index in [0.717, 1.165) is 5.56 Å². The maximum Gasteiger partial charge on any atom is 0.244 e. The summed E-state index contributed by atoms with van der Waals surface area (Å²) in [4.78, 5) is 39.0. The number of carbonyl (C=O) groups is 2. The highest BCUT2D eigenvalue weighted by atomic mass is 16.5. The number of carbonyl (C=O) groups excluding carboxylic acids is 2. The van der Waals surface area contributed by atoms with Crippen LogP contribution in [0.5, 0.6) is 5.75 Å². The highest BCUT2D eigenvalue weighted by Crippen LogP contribution is 2.19. The molecule has 1 N–H and O–H groups in total. The van der Waals surface area contributed by atoms with Crippen LogP contribution in [0.3, 0.4) is 0 Å². The molecule has 4 aromatic rings. The van der Waals surface area contributed by atoms with Crippen LogP contribution in [0.25, 0.3) is 10.9 Å². The van der Waals surface area contributed by atoms with E-state index in [4.69, 9.17) is 4.74 Å². The average Bonchev–Trinajstić information content (AvgIpc) is 2.81. The third kappa shape index (κ3) is 4.30. The highest BCUT2D eigenvalue weighted by molar-refractivity contribution is 6.10. The lowest BCUT2D eigenvalue weighted by atomic mass is 10.0. The molecule has 160 valence electrons. The lowest BCUT2D eigenvalue weighted by Crippen LogP contribution is -2.24. The molecule has 0 saturated heterocycles. The molecule has 1 heterocycles. The van der Waals surface area contributed by atoms with E-state index in [1.807, 2.05) is 19.1 Å². The van der Waals surface area contributed by atoms with Crippen LogP contribution in [0.15, 0.2) is 83.8 Å². The van der Waals surface area contributed by atoms with Crippen molar-refractivity contribution in [3.8, 4) is 5.75 Å². The molecular formula is C26H22N2O4. The maximum absolute atomic E-state index is 13.1. The average molecular weight is 426 g/mol. The van der Waals surface area contributed by atoms with E-state index >= 15 is 0 Å². The van der Waals surface area contributed by atoms with Gasteiger partial charge in [-0.3, -0.25) is 14.4 Å². The Kier molecular flexibility index (Phi) is 5.85. The number of methoxy groups -OCH3 is 1. The van der Waals surface area contributed by atoms with Crippen LogP contribution in [0.1, 0.15) is 21.5 Å². The van der Waals surface area contributed by atoms with Gasteiger partial charge in [0.2, 0.25) is 11.3 Å². The number of aryl methyl sites for hydroxylation is 1. The first-order valence-corrected chi connectivity index (χ1v) is 10.1. The van der Waals surface area contributed by atoms with Gasteiger partial charge in [0, 0.05) is 28.9 Å². The number of fused-ring (bicyclic) bond motifs is 1. The molecular weight excluding hydrogens is 404 g/mol. The largest absolute Gasteiger partial charge is 0.497 e. The number of aromatic nitrogens is 1. The minimum Gasteiger partial charge on any atom is -0.497 e. The topological polar surface area (TPSA) is 77.4 Å². The number of nitrogens with zero attached hydrogens (tertiary/aromatic N) is 1. The Morgan fingerprint density at radius 2 is 1.75 bits per heavy atom. The summed E-state index contributed by atoms with van der Waals surface area (Å²) < 4.78 is 6.83. The SMILES string of the molecule is COc1cccc(NC(=O)Cn2cc(C(=O)c3ccccc3)c(=O)c3cc(C)ccc32)c1. The summed E-state index contributed by atoms with van der Waals surface area (Å²) in [5.41, 5.74) is 2.18. The van der Waals surface area contributed by atoms with Crippen LogP contribution < -0.4 is 15.5 Å². The number of ether oxygens (including phenoxy) is 1. The second kappa shape index (κ2) is 8.89. The van der Waals surface area contributed by atoms with E-state index in [1.54, 1.807) is 72.3 Å². The first kappa shape index (κ1) is 21.1. The zero-order valence-corrected chi connectivity index (χ0v) is 17.8.